The topological polar surface area (TPSA) is 34.0 Å². The van der Waals surface area contributed by atoms with Crippen molar-refractivity contribution in [2.75, 3.05) is 39.8 Å². The summed E-state index contributed by atoms with van der Waals surface area (Å²) >= 11 is 0. The number of likely N-dealkylation sites (N-methyl/N-ethyl adjacent to an activating group) is 1. The second-order valence-electron chi connectivity index (χ2n) is 5.37. The fourth-order valence-electron chi connectivity index (χ4n) is 2.18. The molecule has 1 aliphatic rings. The molecule has 1 aromatic carbocycles. The number of rotatable bonds is 3. The van der Waals surface area contributed by atoms with E-state index in [9.17, 15) is 4.79 Å². The third kappa shape index (κ3) is 3.70. The highest BCUT2D eigenvalue weighted by Crippen LogP contribution is 2.16. The molecule has 1 aliphatic heterocycles. The van der Waals surface area contributed by atoms with Gasteiger partial charge in [0, 0.05) is 0 Å². The number of nitrogens with one attached hydrogen (secondary N) is 1. The Bertz CT molecular complexity index is 451. The molecule has 19 heavy (non-hydrogen) atoms. The summed E-state index contributed by atoms with van der Waals surface area (Å²) in [5, 5.41) is 0. The SMILES string of the molecule is Cc1ccc(OCC(=O)N2CC[NH+](C)CC2)cc1C. The average Bonchev–Trinajstić information content (AvgIpc) is 2.40. The molecule has 2 rings (SSSR count). The maximum Gasteiger partial charge on any atom is 0.260 e. The molecule has 1 heterocycles. The summed E-state index contributed by atoms with van der Waals surface area (Å²) in [4.78, 5) is 15.4. The van der Waals surface area contributed by atoms with E-state index in [1.807, 2.05) is 30.0 Å². The molecule has 0 radical (unpaired) electrons. The summed E-state index contributed by atoms with van der Waals surface area (Å²) in [5.41, 5.74) is 2.42. The molecule has 1 saturated heterocycles. The minimum absolute atomic E-state index is 0.0886. The third-order valence-corrected chi connectivity index (χ3v) is 3.81. The van der Waals surface area contributed by atoms with Crippen LogP contribution >= 0.6 is 0 Å². The fourth-order valence-corrected chi connectivity index (χ4v) is 2.18. The van der Waals surface area contributed by atoms with Crippen LogP contribution in [-0.2, 0) is 4.79 Å². The Balaban J connectivity index is 1.84. The van der Waals surface area contributed by atoms with E-state index in [1.54, 1.807) is 0 Å². The number of hydrogen-bond donors (Lipinski definition) is 1. The number of ether oxygens (including phenoxy) is 1. The van der Waals surface area contributed by atoms with Crippen molar-refractivity contribution in [2.24, 2.45) is 0 Å². The van der Waals surface area contributed by atoms with Gasteiger partial charge in [-0.15, -0.1) is 0 Å². The van der Waals surface area contributed by atoms with Gasteiger partial charge in [0.25, 0.3) is 5.91 Å². The standard InChI is InChI=1S/C15H22N2O2/c1-12-4-5-14(10-13(12)2)19-11-15(18)17-8-6-16(3)7-9-17/h4-5,10H,6-9,11H2,1-3H3/p+1. The van der Waals surface area contributed by atoms with Gasteiger partial charge in [0.1, 0.15) is 5.75 Å². The van der Waals surface area contributed by atoms with Crippen LogP contribution in [0.15, 0.2) is 18.2 Å². The molecule has 4 heteroatoms. The zero-order chi connectivity index (χ0) is 13.8. The lowest BCUT2D eigenvalue weighted by atomic mass is 10.1. The second-order valence-corrected chi connectivity index (χ2v) is 5.37. The van der Waals surface area contributed by atoms with Crippen LogP contribution in [0.4, 0.5) is 0 Å². The smallest absolute Gasteiger partial charge is 0.260 e. The first-order valence-corrected chi connectivity index (χ1v) is 6.85. The van der Waals surface area contributed by atoms with Crippen molar-refractivity contribution in [2.45, 2.75) is 13.8 Å². The number of amides is 1. The third-order valence-electron chi connectivity index (χ3n) is 3.81. The zero-order valence-corrected chi connectivity index (χ0v) is 12.0. The van der Waals surface area contributed by atoms with Crippen molar-refractivity contribution >= 4 is 5.91 Å². The number of benzene rings is 1. The minimum Gasteiger partial charge on any atom is -0.484 e. The van der Waals surface area contributed by atoms with Gasteiger partial charge < -0.3 is 14.5 Å². The maximum absolute atomic E-state index is 12.0. The Hall–Kier alpha value is -1.55. The molecule has 0 bridgehead atoms. The van der Waals surface area contributed by atoms with Crippen LogP contribution < -0.4 is 9.64 Å². The molecular formula is C15H23N2O2+. The van der Waals surface area contributed by atoms with Gasteiger partial charge in [-0.2, -0.15) is 0 Å². The summed E-state index contributed by atoms with van der Waals surface area (Å²) < 4.78 is 5.59. The molecule has 0 aliphatic carbocycles. The molecule has 1 N–H and O–H groups in total. The highest BCUT2D eigenvalue weighted by Gasteiger charge is 2.21. The first kappa shape index (κ1) is 13.9. The van der Waals surface area contributed by atoms with Crippen LogP contribution in [0.3, 0.4) is 0 Å². The van der Waals surface area contributed by atoms with Gasteiger partial charge >= 0.3 is 0 Å². The Kier molecular flexibility index (Phi) is 4.43. The number of hydrogen-bond acceptors (Lipinski definition) is 2. The minimum atomic E-state index is 0.0886. The van der Waals surface area contributed by atoms with Crippen molar-refractivity contribution in [3.63, 3.8) is 0 Å². The Labute approximate surface area is 115 Å². The van der Waals surface area contributed by atoms with Crippen molar-refractivity contribution < 1.29 is 14.4 Å². The van der Waals surface area contributed by atoms with Gasteiger partial charge in [-0.25, -0.2) is 0 Å². The molecule has 0 spiro atoms. The van der Waals surface area contributed by atoms with E-state index in [1.165, 1.54) is 16.0 Å². The molecule has 4 nitrogen and oxygen atoms in total. The van der Waals surface area contributed by atoms with Crippen LogP contribution in [0.1, 0.15) is 11.1 Å². The summed E-state index contributed by atoms with van der Waals surface area (Å²) in [7, 11) is 2.16. The lowest BCUT2D eigenvalue weighted by Gasteiger charge is -2.30. The summed E-state index contributed by atoms with van der Waals surface area (Å²) in [5.74, 6) is 0.863. The number of nitrogens with zero attached hydrogens (tertiary/aromatic N) is 1. The molecular weight excluding hydrogens is 240 g/mol. The Morgan fingerprint density at radius 1 is 1.26 bits per heavy atom. The number of piperazine rings is 1. The maximum atomic E-state index is 12.0. The van der Waals surface area contributed by atoms with Crippen LogP contribution in [-0.4, -0.2) is 50.6 Å². The number of carbonyl (C=O) groups is 1. The molecule has 1 fully saturated rings. The van der Waals surface area contributed by atoms with Crippen molar-refractivity contribution in [1.29, 1.82) is 0 Å². The van der Waals surface area contributed by atoms with E-state index in [0.717, 1.165) is 31.9 Å². The Morgan fingerprint density at radius 3 is 2.58 bits per heavy atom. The van der Waals surface area contributed by atoms with Gasteiger partial charge in [0.05, 0.1) is 33.2 Å². The van der Waals surface area contributed by atoms with E-state index in [0.29, 0.717) is 0 Å². The molecule has 0 saturated carbocycles. The zero-order valence-electron chi connectivity index (χ0n) is 12.0. The number of aryl methyl sites for hydroxylation is 2. The van der Waals surface area contributed by atoms with Crippen molar-refractivity contribution in [1.82, 2.24) is 4.90 Å². The van der Waals surface area contributed by atoms with E-state index < -0.39 is 0 Å². The van der Waals surface area contributed by atoms with E-state index >= 15 is 0 Å². The van der Waals surface area contributed by atoms with E-state index in [2.05, 4.69) is 14.0 Å². The number of carbonyl (C=O) groups excluding carboxylic acids is 1. The summed E-state index contributed by atoms with van der Waals surface area (Å²) in [6, 6.07) is 5.93. The van der Waals surface area contributed by atoms with Crippen LogP contribution in [0.5, 0.6) is 5.75 Å². The van der Waals surface area contributed by atoms with Gasteiger partial charge in [0.15, 0.2) is 6.61 Å². The molecule has 0 atom stereocenters. The normalized spacial score (nSPS) is 16.5. The van der Waals surface area contributed by atoms with Gasteiger partial charge in [0.2, 0.25) is 0 Å². The van der Waals surface area contributed by atoms with Crippen molar-refractivity contribution in [3.05, 3.63) is 29.3 Å². The predicted molar refractivity (Wildman–Crippen MR) is 74.6 cm³/mol. The van der Waals surface area contributed by atoms with Crippen LogP contribution in [0, 0.1) is 13.8 Å². The largest absolute Gasteiger partial charge is 0.484 e. The second kappa shape index (κ2) is 6.06. The first-order valence-electron chi connectivity index (χ1n) is 6.85. The summed E-state index contributed by atoms with van der Waals surface area (Å²) in [6.45, 7) is 7.97. The monoisotopic (exact) mass is 263 g/mol. The predicted octanol–water partition coefficient (Wildman–Crippen LogP) is 0.0391. The highest BCUT2D eigenvalue weighted by atomic mass is 16.5. The molecule has 0 unspecified atom stereocenters. The quantitative estimate of drug-likeness (QED) is 0.835. The summed E-state index contributed by atoms with van der Waals surface area (Å²) in [6.07, 6.45) is 0. The van der Waals surface area contributed by atoms with Crippen molar-refractivity contribution in [3.8, 4) is 5.75 Å². The lowest BCUT2D eigenvalue weighted by molar-refractivity contribution is -0.883. The molecule has 0 aromatic heterocycles. The van der Waals surface area contributed by atoms with Gasteiger partial charge in [-0.3, -0.25) is 4.79 Å². The van der Waals surface area contributed by atoms with Crippen LogP contribution in [0.25, 0.3) is 0 Å². The molecule has 104 valence electrons. The van der Waals surface area contributed by atoms with Crippen LogP contribution in [0.2, 0.25) is 0 Å². The Morgan fingerprint density at radius 2 is 1.95 bits per heavy atom. The molecule has 1 amide bonds. The number of quaternary nitrogens is 1. The highest BCUT2D eigenvalue weighted by molar-refractivity contribution is 5.77. The van der Waals surface area contributed by atoms with Gasteiger partial charge in [-0.1, -0.05) is 6.07 Å². The van der Waals surface area contributed by atoms with E-state index in [4.69, 9.17) is 4.74 Å². The van der Waals surface area contributed by atoms with E-state index in [-0.39, 0.29) is 12.5 Å². The average molecular weight is 263 g/mol. The molecule has 1 aromatic rings. The lowest BCUT2D eigenvalue weighted by Crippen LogP contribution is -3.12. The fraction of sp³-hybridized carbons (Fsp3) is 0.533. The first-order chi connectivity index (χ1) is 9.06. The van der Waals surface area contributed by atoms with Gasteiger partial charge in [-0.05, 0) is 37.1 Å².